The SMILES string of the molecule is Cc1nn2c(c1-c1nc3cccnc3n1-c1ccccc1)n1nc(C)c(-c3nc4cccnc4n3-c3ccccc3)c1n1nc(-c3ccccc3)c(-c3nc4cccnc4n3-c3ccccc3)c21. The maximum Gasteiger partial charge on any atom is 0.173 e. The van der Waals surface area contributed by atoms with Gasteiger partial charge in [-0.15, -0.1) is 0 Å². The number of benzene rings is 4. The summed E-state index contributed by atoms with van der Waals surface area (Å²) in [7, 11) is 0. The lowest BCUT2D eigenvalue weighted by atomic mass is 10.1. The summed E-state index contributed by atoms with van der Waals surface area (Å²) in [5, 5.41) is 16.6. The van der Waals surface area contributed by atoms with Crippen molar-refractivity contribution in [1.29, 1.82) is 0 Å². The summed E-state index contributed by atoms with van der Waals surface area (Å²) in [6.45, 7) is 4.03. The number of hydrogen-bond donors (Lipinski definition) is 0. The van der Waals surface area contributed by atoms with Crippen LogP contribution in [0.2, 0.25) is 0 Å². The van der Waals surface area contributed by atoms with Crippen molar-refractivity contribution in [2.75, 3.05) is 0 Å². The van der Waals surface area contributed by atoms with Gasteiger partial charge in [0.2, 0.25) is 0 Å². The van der Waals surface area contributed by atoms with Gasteiger partial charge in [0.1, 0.15) is 22.2 Å². The molecular weight excluding hydrogens is 847 g/mol. The molecule has 0 aliphatic rings. The predicted octanol–water partition coefficient (Wildman–Crippen LogP) is 10.1. The molecule has 0 unspecified atom stereocenters. The van der Waals surface area contributed by atoms with E-state index in [4.69, 9.17) is 45.2 Å². The summed E-state index contributed by atoms with van der Waals surface area (Å²) in [5.41, 5.74) is 14.3. The fourth-order valence-electron chi connectivity index (χ4n) is 9.70. The highest BCUT2D eigenvalue weighted by atomic mass is 15.5. The molecule has 15 nitrogen and oxygen atoms in total. The quantitative estimate of drug-likeness (QED) is 0.153. The highest BCUT2D eigenvalue weighted by Gasteiger charge is 2.34. The molecule has 0 saturated heterocycles. The van der Waals surface area contributed by atoms with Crippen molar-refractivity contribution < 1.29 is 0 Å². The van der Waals surface area contributed by atoms with Crippen LogP contribution < -0.4 is 0 Å². The summed E-state index contributed by atoms with van der Waals surface area (Å²) < 4.78 is 12.2. The number of fused-ring (bicyclic) bond motifs is 9. The minimum absolute atomic E-state index is 0.637. The molecule has 0 atom stereocenters. The molecule has 0 bridgehead atoms. The van der Waals surface area contributed by atoms with Crippen LogP contribution in [0.3, 0.4) is 0 Å². The Morgan fingerprint density at radius 1 is 0.338 bits per heavy atom. The zero-order chi connectivity index (χ0) is 45.0. The van der Waals surface area contributed by atoms with Crippen molar-refractivity contribution >= 4 is 50.4 Å². The molecule has 15 heteroatoms. The second-order valence-electron chi connectivity index (χ2n) is 16.6. The first-order chi connectivity index (χ1) is 33.6. The van der Waals surface area contributed by atoms with E-state index in [2.05, 4.69) is 62.2 Å². The van der Waals surface area contributed by atoms with E-state index in [1.807, 2.05) is 137 Å². The lowest BCUT2D eigenvalue weighted by Crippen LogP contribution is -2.08. The zero-order valence-electron chi connectivity index (χ0n) is 36.5. The number of pyridine rings is 3. The van der Waals surface area contributed by atoms with Crippen LogP contribution in [0, 0.1) is 13.8 Å². The number of aryl methyl sites for hydroxylation is 2. The molecule has 0 radical (unpaired) electrons. The molecule has 0 fully saturated rings. The first kappa shape index (κ1) is 37.7. The second-order valence-corrected chi connectivity index (χ2v) is 16.6. The molecule has 0 aliphatic carbocycles. The topological polar surface area (TPSA) is 144 Å². The second kappa shape index (κ2) is 14.4. The Labute approximate surface area is 385 Å². The zero-order valence-corrected chi connectivity index (χ0v) is 36.5. The third-order valence-electron chi connectivity index (χ3n) is 12.5. The summed E-state index contributed by atoms with van der Waals surface area (Å²) in [6.07, 6.45) is 5.40. The fraction of sp³-hybridized carbons (Fsp3) is 0.0377. The van der Waals surface area contributed by atoms with Crippen LogP contribution in [0.1, 0.15) is 11.4 Å². The summed E-state index contributed by atoms with van der Waals surface area (Å²) >= 11 is 0. The van der Waals surface area contributed by atoms with Gasteiger partial charge in [-0.25, -0.2) is 29.9 Å². The molecule has 14 rings (SSSR count). The smallest absolute Gasteiger partial charge is 0.173 e. The summed E-state index contributed by atoms with van der Waals surface area (Å²) in [4.78, 5) is 30.8. The molecule has 10 heterocycles. The molecular formula is C53H35N15. The van der Waals surface area contributed by atoms with Gasteiger partial charge in [-0.2, -0.15) is 28.8 Å². The molecule has 0 spiro atoms. The highest BCUT2D eigenvalue weighted by Crippen LogP contribution is 2.43. The number of rotatable bonds is 7. The molecule has 0 N–H and O–H groups in total. The average Bonchev–Trinajstić information content (AvgIpc) is 4.24. The molecule has 322 valence electrons. The molecule has 0 aliphatic heterocycles. The van der Waals surface area contributed by atoms with E-state index in [-0.39, 0.29) is 0 Å². The number of imidazole rings is 3. The van der Waals surface area contributed by atoms with Gasteiger partial charge < -0.3 is 0 Å². The first-order valence-electron chi connectivity index (χ1n) is 22.2. The van der Waals surface area contributed by atoms with E-state index >= 15 is 0 Å². The van der Waals surface area contributed by atoms with E-state index in [1.165, 1.54) is 0 Å². The third-order valence-corrected chi connectivity index (χ3v) is 12.5. The van der Waals surface area contributed by atoms with Gasteiger partial charge in [0, 0.05) is 41.2 Å². The van der Waals surface area contributed by atoms with Crippen LogP contribution >= 0.6 is 0 Å². The van der Waals surface area contributed by atoms with Crippen LogP contribution in [0.15, 0.2) is 176 Å². The van der Waals surface area contributed by atoms with Gasteiger partial charge in [0.05, 0.1) is 28.1 Å². The van der Waals surface area contributed by atoms with Crippen molar-refractivity contribution in [2.24, 2.45) is 0 Å². The Balaban J connectivity index is 1.22. The molecule has 68 heavy (non-hydrogen) atoms. The Morgan fingerprint density at radius 2 is 0.676 bits per heavy atom. The Hall–Kier alpha value is -9.63. The van der Waals surface area contributed by atoms with E-state index in [0.29, 0.717) is 68.4 Å². The molecule has 10 aromatic heterocycles. The van der Waals surface area contributed by atoms with Gasteiger partial charge in [-0.1, -0.05) is 84.9 Å². The van der Waals surface area contributed by atoms with Gasteiger partial charge >= 0.3 is 0 Å². The maximum absolute atomic E-state index is 5.65. The van der Waals surface area contributed by atoms with Crippen molar-refractivity contribution in [3.8, 4) is 62.5 Å². The number of hydrogen-bond acceptors (Lipinski definition) is 9. The van der Waals surface area contributed by atoms with Crippen molar-refractivity contribution in [3.63, 3.8) is 0 Å². The molecule has 0 saturated carbocycles. The standard InChI is InChI=1S/C53H35N15/c1-32-41(48-57-38-26-15-29-54-45(38)63(48)35-20-9-4-10-21-35)51-66-52(42(33(2)60-66)49-58-39-27-16-30-55-46(39)64(49)36-22-11-5-12-23-36)68-53(67(51)61-32)43(44(62-68)34-18-7-3-8-19-34)50-59-40-28-17-31-56-47(40)65(50)37-24-13-6-14-25-37/h3-31H,1-2H3. The fourth-order valence-corrected chi connectivity index (χ4v) is 9.70. The predicted molar refractivity (Wildman–Crippen MR) is 261 cm³/mol. The molecule has 0 amide bonds. The minimum Gasteiger partial charge on any atom is -0.277 e. The van der Waals surface area contributed by atoms with Gasteiger partial charge in [0.15, 0.2) is 51.4 Å². The van der Waals surface area contributed by atoms with Crippen molar-refractivity contribution in [2.45, 2.75) is 13.8 Å². The minimum atomic E-state index is 0.637. The van der Waals surface area contributed by atoms with E-state index < -0.39 is 0 Å². The highest BCUT2D eigenvalue weighted by molar-refractivity contribution is 5.97. The number of aromatic nitrogens is 15. The van der Waals surface area contributed by atoms with Crippen molar-refractivity contribution in [1.82, 2.24) is 72.4 Å². The van der Waals surface area contributed by atoms with Crippen LogP contribution in [0.4, 0.5) is 0 Å². The third kappa shape index (κ3) is 5.37. The van der Waals surface area contributed by atoms with Crippen LogP contribution in [-0.4, -0.2) is 72.4 Å². The first-order valence-corrected chi connectivity index (χ1v) is 22.2. The normalized spacial score (nSPS) is 12.0. The van der Waals surface area contributed by atoms with E-state index in [0.717, 1.165) is 55.9 Å². The number of para-hydroxylation sites is 3. The maximum atomic E-state index is 5.65. The Bertz CT molecular complexity index is 4270. The van der Waals surface area contributed by atoms with Gasteiger partial charge in [0.25, 0.3) is 0 Å². The number of nitrogens with zero attached hydrogens (tertiary/aromatic N) is 15. The lowest BCUT2D eigenvalue weighted by molar-refractivity contribution is 0.820. The monoisotopic (exact) mass is 881 g/mol. The lowest BCUT2D eigenvalue weighted by Gasteiger charge is -2.12. The van der Waals surface area contributed by atoms with Crippen LogP contribution in [-0.2, 0) is 0 Å². The van der Waals surface area contributed by atoms with Gasteiger partial charge in [-0.3, -0.25) is 13.7 Å². The summed E-state index contributed by atoms with van der Waals surface area (Å²) in [5.74, 6) is 1.95. The Morgan fingerprint density at radius 3 is 1.07 bits per heavy atom. The largest absolute Gasteiger partial charge is 0.277 e. The van der Waals surface area contributed by atoms with E-state index in [1.54, 1.807) is 18.6 Å². The van der Waals surface area contributed by atoms with Crippen LogP contribution in [0.5, 0.6) is 0 Å². The van der Waals surface area contributed by atoms with Crippen molar-refractivity contribution in [3.05, 3.63) is 188 Å². The molecule has 4 aromatic carbocycles. The Kier molecular flexibility index (Phi) is 8.01. The van der Waals surface area contributed by atoms with Gasteiger partial charge in [-0.05, 0) is 86.6 Å². The van der Waals surface area contributed by atoms with E-state index in [9.17, 15) is 0 Å². The van der Waals surface area contributed by atoms with Crippen LogP contribution in [0.25, 0.3) is 113 Å². The molecule has 14 aromatic rings. The average molecular weight is 882 g/mol. The summed E-state index contributed by atoms with van der Waals surface area (Å²) in [6, 6.07) is 52.5.